The number of nitrogens with one attached hydrogen (secondary N) is 1. The number of carbonyl (C=O) groups excluding carboxylic acids is 1. The van der Waals surface area contributed by atoms with Crippen LogP contribution in [0.5, 0.6) is 11.5 Å². The lowest BCUT2D eigenvalue weighted by molar-refractivity contribution is 0.0955. The van der Waals surface area contributed by atoms with Crippen LogP contribution < -0.4 is 14.9 Å². The van der Waals surface area contributed by atoms with E-state index in [1.807, 2.05) is 24.4 Å². The number of carbonyl (C=O) groups is 1. The third kappa shape index (κ3) is 5.15. The second-order valence-electron chi connectivity index (χ2n) is 5.62. The first-order chi connectivity index (χ1) is 13.2. The largest absolute Gasteiger partial charge is 0.493 e. The summed E-state index contributed by atoms with van der Waals surface area (Å²) in [5, 5.41) is 6.96. The molecule has 1 amide bonds. The van der Waals surface area contributed by atoms with E-state index in [4.69, 9.17) is 9.47 Å². The monoisotopic (exact) mass is 381 g/mol. The molecule has 3 aromatic rings. The molecule has 0 radical (unpaired) electrons. The number of thiazole rings is 1. The van der Waals surface area contributed by atoms with Crippen LogP contribution in [0.4, 0.5) is 0 Å². The number of aromatic nitrogens is 1. The van der Waals surface area contributed by atoms with Crippen molar-refractivity contribution >= 4 is 23.5 Å². The van der Waals surface area contributed by atoms with Gasteiger partial charge in [0.2, 0.25) is 0 Å². The van der Waals surface area contributed by atoms with E-state index in [9.17, 15) is 4.79 Å². The molecular formula is C20H19N3O3S. The van der Waals surface area contributed by atoms with Crippen LogP contribution in [0.2, 0.25) is 0 Å². The van der Waals surface area contributed by atoms with Gasteiger partial charge in [-0.15, -0.1) is 11.3 Å². The zero-order chi connectivity index (χ0) is 19.1. The van der Waals surface area contributed by atoms with E-state index in [2.05, 4.69) is 15.5 Å². The highest BCUT2D eigenvalue weighted by Crippen LogP contribution is 2.28. The third-order valence-corrected chi connectivity index (χ3v) is 4.47. The number of ether oxygens (including phenoxy) is 2. The first-order valence-electron chi connectivity index (χ1n) is 8.26. The van der Waals surface area contributed by atoms with Crippen LogP contribution in [0.15, 0.2) is 59.0 Å². The fourth-order valence-electron chi connectivity index (χ4n) is 2.33. The van der Waals surface area contributed by atoms with Gasteiger partial charge in [0, 0.05) is 10.9 Å². The topological polar surface area (TPSA) is 72.8 Å². The summed E-state index contributed by atoms with van der Waals surface area (Å²) in [6.45, 7) is 2.33. The number of nitrogens with zero attached hydrogens (tertiary/aromatic N) is 2. The molecule has 0 bridgehead atoms. The standard InChI is InChI=1S/C20H19N3O3S/c1-14-22-17(13-27-14)12-26-18-9-8-15(10-19(18)25-2)11-21-23-20(24)16-6-4-3-5-7-16/h3-11,13H,12H2,1-2H3,(H,23,24)/b21-11-. The summed E-state index contributed by atoms with van der Waals surface area (Å²) in [6.07, 6.45) is 1.55. The molecule has 1 aromatic heterocycles. The van der Waals surface area contributed by atoms with Gasteiger partial charge in [-0.3, -0.25) is 4.79 Å². The molecule has 27 heavy (non-hydrogen) atoms. The van der Waals surface area contributed by atoms with Gasteiger partial charge in [0.25, 0.3) is 5.91 Å². The van der Waals surface area contributed by atoms with Gasteiger partial charge >= 0.3 is 0 Å². The second kappa shape index (κ2) is 8.95. The predicted molar refractivity (Wildman–Crippen MR) is 106 cm³/mol. The minimum Gasteiger partial charge on any atom is -0.493 e. The molecule has 7 heteroatoms. The fraction of sp³-hybridized carbons (Fsp3) is 0.150. The van der Waals surface area contributed by atoms with Crippen LogP contribution in [0.1, 0.15) is 26.6 Å². The molecule has 0 aliphatic rings. The summed E-state index contributed by atoms with van der Waals surface area (Å²) in [5.41, 5.74) is 4.71. The highest BCUT2D eigenvalue weighted by Gasteiger charge is 2.07. The normalized spacial score (nSPS) is 10.7. The molecule has 0 unspecified atom stereocenters. The zero-order valence-corrected chi connectivity index (χ0v) is 15.8. The van der Waals surface area contributed by atoms with E-state index < -0.39 is 0 Å². The third-order valence-electron chi connectivity index (χ3n) is 3.65. The maximum atomic E-state index is 12.0. The molecule has 138 valence electrons. The first-order valence-corrected chi connectivity index (χ1v) is 9.14. The molecule has 0 spiro atoms. The van der Waals surface area contributed by atoms with Crippen molar-refractivity contribution in [2.45, 2.75) is 13.5 Å². The molecule has 0 aliphatic carbocycles. The molecule has 6 nitrogen and oxygen atoms in total. The lowest BCUT2D eigenvalue weighted by Gasteiger charge is -2.10. The fourth-order valence-corrected chi connectivity index (χ4v) is 2.93. The summed E-state index contributed by atoms with van der Waals surface area (Å²) < 4.78 is 11.2. The van der Waals surface area contributed by atoms with E-state index in [-0.39, 0.29) is 5.91 Å². The quantitative estimate of drug-likeness (QED) is 0.499. The summed E-state index contributed by atoms with van der Waals surface area (Å²) >= 11 is 1.59. The molecule has 2 aromatic carbocycles. The number of rotatable bonds is 7. The number of hydrogen-bond acceptors (Lipinski definition) is 6. The van der Waals surface area contributed by atoms with Crippen LogP contribution in [0, 0.1) is 6.92 Å². The highest BCUT2D eigenvalue weighted by molar-refractivity contribution is 7.09. The Balaban J connectivity index is 1.62. The Kier molecular flexibility index (Phi) is 6.17. The van der Waals surface area contributed by atoms with Crippen LogP contribution in [0.25, 0.3) is 0 Å². The van der Waals surface area contributed by atoms with Crippen LogP contribution >= 0.6 is 11.3 Å². The Morgan fingerprint density at radius 2 is 2.04 bits per heavy atom. The smallest absolute Gasteiger partial charge is 0.271 e. The Bertz CT molecular complexity index is 939. The molecule has 0 atom stereocenters. The van der Waals surface area contributed by atoms with Gasteiger partial charge in [0.15, 0.2) is 11.5 Å². The molecular weight excluding hydrogens is 362 g/mol. The number of methoxy groups -OCH3 is 1. The SMILES string of the molecule is COc1cc(/C=N\NC(=O)c2ccccc2)ccc1OCc1csc(C)n1. The number of hydrogen-bond donors (Lipinski definition) is 1. The van der Waals surface area contributed by atoms with Crippen LogP contribution in [-0.4, -0.2) is 24.2 Å². The van der Waals surface area contributed by atoms with Crippen molar-refractivity contribution in [1.82, 2.24) is 10.4 Å². The lowest BCUT2D eigenvalue weighted by Crippen LogP contribution is -2.17. The molecule has 1 N–H and O–H groups in total. The minimum atomic E-state index is -0.266. The molecule has 0 saturated carbocycles. The molecule has 1 heterocycles. The van der Waals surface area contributed by atoms with Gasteiger partial charge in [-0.1, -0.05) is 18.2 Å². The Morgan fingerprint density at radius 3 is 2.74 bits per heavy atom. The first kappa shape index (κ1) is 18.6. The second-order valence-corrected chi connectivity index (χ2v) is 6.68. The maximum Gasteiger partial charge on any atom is 0.271 e. The van der Waals surface area contributed by atoms with Gasteiger partial charge in [0.05, 0.1) is 24.0 Å². The lowest BCUT2D eigenvalue weighted by atomic mass is 10.2. The summed E-state index contributed by atoms with van der Waals surface area (Å²) in [5.74, 6) is 0.936. The van der Waals surface area contributed by atoms with Crippen molar-refractivity contribution in [1.29, 1.82) is 0 Å². The van der Waals surface area contributed by atoms with Crippen molar-refractivity contribution in [3.8, 4) is 11.5 Å². The van der Waals surface area contributed by atoms with Gasteiger partial charge in [0.1, 0.15) is 6.61 Å². The van der Waals surface area contributed by atoms with Crippen LogP contribution in [0.3, 0.4) is 0 Å². The van der Waals surface area contributed by atoms with E-state index in [0.717, 1.165) is 16.3 Å². The summed E-state index contributed by atoms with van der Waals surface area (Å²) in [6, 6.07) is 14.3. The average molecular weight is 381 g/mol. The number of hydrazone groups is 1. The molecule has 0 aliphatic heterocycles. The predicted octanol–water partition coefficient (Wildman–Crippen LogP) is 3.80. The van der Waals surface area contributed by atoms with Crippen molar-refractivity contribution in [3.63, 3.8) is 0 Å². The zero-order valence-electron chi connectivity index (χ0n) is 15.0. The van der Waals surface area contributed by atoms with E-state index in [0.29, 0.717) is 23.7 Å². The van der Waals surface area contributed by atoms with Crippen LogP contribution in [-0.2, 0) is 6.61 Å². The average Bonchev–Trinajstić information content (AvgIpc) is 3.12. The van der Waals surface area contributed by atoms with Gasteiger partial charge < -0.3 is 9.47 Å². The summed E-state index contributed by atoms with van der Waals surface area (Å²) in [4.78, 5) is 16.3. The molecule has 0 saturated heterocycles. The Hall–Kier alpha value is -3.19. The number of aryl methyl sites for hydroxylation is 1. The summed E-state index contributed by atoms with van der Waals surface area (Å²) in [7, 11) is 1.58. The van der Waals surface area contributed by atoms with E-state index >= 15 is 0 Å². The van der Waals surface area contributed by atoms with Crippen molar-refractivity contribution < 1.29 is 14.3 Å². The number of amides is 1. The van der Waals surface area contributed by atoms with Crippen molar-refractivity contribution in [2.24, 2.45) is 5.10 Å². The van der Waals surface area contributed by atoms with E-state index in [1.54, 1.807) is 61.1 Å². The van der Waals surface area contributed by atoms with Gasteiger partial charge in [-0.2, -0.15) is 5.10 Å². The Labute approximate surface area is 161 Å². The maximum absolute atomic E-state index is 12.0. The van der Waals surface area contributed by atoms with E-state index in [1.165, 1.54) is 0 Å². The molecule has 3 rings (SSSR count). The van der Waals surface area contributed by atoms with Crippen molar-refractivity contribution in [2.75, 3.05) is 7.11 Å². The Morgan fingerprint density at radius 1 is 1.22 bits per heavy atom. The molecule has 0 fully saturated rings. The van der Waals surface area contributed by atoms with Gasteiger partial charge in [-0.05, 0) is 42.8 Å². The highest BCUT2D eigenvalue weighted by atomic mass is 32.1. The number of benzene rings is 2. The minimum absolute atomic E-state index is 0.266. The van der Waals surface area contributed by atoms with Crippen molar-refractivity contribution in [3.05, 3.63) is 75.7 Å². The van der Waals surface area contributed by atoms with Gasteiger partial charge in [-0.25, -0.2) is 10.4 Å².